The third-order valence-electron chi connectivity index (χ3n) is 3.02. The van der Waals surface area contributed by atoms with Crippen LogP contribution in [0.4, 0.5) is 4.79 Å². The molecule has 21 heavy (non-hydrogen) atoms. The number of carboxylic acid groups (broad SMARTS) is 1. The summed E-state index contributed by atoms with van der Waals surface area (Å²) in [5, 5.41) is 13.4. The van der Waals surface area contributed by atoms with Gasteiger partial charge in [0.05, 0.1) is 12.6 Å². The van der Waals surface area contributed by atoms with Crippen LogP contribution in [0.1, 0.15) is 26.7 Å². The van der Waals surface area contributed by atoms with Crippen molar-refractivity contribution in [1.82, 2.24) is 15.5 Å². The summed E-state index contributed by atoms with van der Waals surface area (Å²) in [7, 11) is 0. The molecule has 1 fully saturated rings. The summed E-state index contributed by atoms with van der Waals surface area (Å²) >= 11 is 0. The van der Waals surface area contributed by atoms with Gasteiger partial charge in [-0.1, -0.05) is 0 Å². The molecule has 3 N–H and O–H groups in total. The van der Waals surface area contributed by atoms with Crippen molar-refractivity contribution in [2.45, 2.75) is 38.8 Å². The largest absolute Gasteiger partial charge is 0.480 e. The molecule has 1 heterocycles. The number of carboxylic acids is 1. The molecule has 0 aromatic heterocycles. The molecule has 120 valence electrons. The topological polar surface area (TPSA) is 108 Å². The highest BCUT2D eigenvalue weighted by atomic mass is 16.5. The second-order valence-corrected chi connectivity index (χ2v) is 5.36. The zero-order chi connectivity index (χ0) is 15.8. The number of nitrogens with zero attached hydrogens (tertiary/aromatic N) is 1. The average Bonchev–Trinajstić information content (AvgIpc) is 2.36. The van der Waals surface area contributed by atoms with E-state index in [4.69, 9.17) is 9.84 Å². The molecule has 1 aliphatic rings. The van der Waals surface area contributed by atoms with E-state index >= 15 is 0 Å². The molecule has 8 heteroatoms. The molecule has 0 atom stereocenters. The second kappa shape index (κ2) is 8.58. The molecule has 0 unspecified atom stereocenters. The lowest BCUT2D eigenvalue weighted by Crippen LogP contribution is -2.48. The van der Waals surface area contributed by atoms with Gasteiger partial charge in [-0.05, 0) is 26.7 Å². The molecule has 0 saturated carbocycles. The fourth-order valence-electron chi connectivity index (χ4n) is 2.09. The van der Waals surface area contributed by atoms with E-state index in [1.165, 1.54) is 0 Å². The number of carbonyl (C=O) groups excluding carboxylic acids is 2. The lowest BCUT2D eigenvalue weighted by molar-refractivity contribution is -0.145. The second-order valence-electron chi connectivity index (χ2n) is 5.36. The van der Waals surface area contributed by atoms with Gasteiger partial charge in [-0.2, -0.15) is 0 Å². The molecule has 1 saturated heterocycles. The van der Waals surface area contributed by atoms with Gasteiger partial charge in [0.2, 0.25) is 5.91 Å². The van der Waals surface area contributed by atoms with Crippen molar-refractivity contribution in [2.24, 2.45) is 0 Å². The Balaban J connectivity index is 2.21. The van der Waals surface area contributed by atoms with Crippen LogP contribution in [0.3, 0.4) is 0 Å². The Kier molecular flexibility index (Phi) is 7.10. The van der Waals surface area contributed by atoms with Crippen molar-refractivity contribution >= 4 is 17.9 Å². The quantitative estimate of drug-likeness (QED) is 0.626. The molecule has 1 rings (SSSR count). The Hall–Kier alpha value is -1.67. The zero-order valence-electron chi connectivity index (χ0n) is 12.4. The lowest BCUT2D eigenvalue weighted by Gasteiger charge is -2.30. The minimum atomic E-state index is -0.979. The smallest absolute Gasteiger partial charge is 0.329 e. The SMILES string of the molecule is CC(C)NC(=O)NC(=O)CN1CCC(OCC(=O)O)CC1. The van der Waals surface area contributed by atoms with Crippen LogP contribution in [-0.4, -0.2) is 66.3 Å². The van der Waals surface area contributed by atoms with Crippen molar-refractivity contribution in [3.8, 4) is 0 Å². The molecule has 1 aliphatic heterocycles. The summed E-state index contributed by atoms with van der Waals surface area (Å²) in [5.41, 5.74) is 0. The minimum absolute atomic E-state index is 0.0278. The molecule has 0 radical (unpaired) electrons. The maximum Gasteiger partial charge on any atom is 0.329 e. The number of hydrogen-bond donors (Lipinski definition) is 3. The fraction of sp³-hybridized carbons (Fsp3) is 0.769. The van der Waals surface area contributed by atoms with Gasteiger partial charge < -0.3 is 15.2 Å². The van der Waals surface area contributed by atoms with E-state index in [9.17, 15) is 14.4 Å². The van der Waals surface area contributed by atoms with Crippen molar-refractivity contribution in [3.63, 3.8) is 0 Å². The van der Waals surface area contributed by atoms with Crippen LogP contribution in [0.2, 0.25) is 0 Å². The normalized spacial score (nSPS) is 16.7. The molecule has 0 aromatic carbocycles. The molecule has 8 nitrogen and oxygen atoms in total. The molecule has 0 spiro atoms. The summed E-state index contributed by atoms with van der Waals surface area (Å²) in [6.07, 6.45) is 1.28. The summed E-state index contributed by atoms with van der Waals surface area (Å²) < 4.78 is 5.22. The first-order valence-electron chi connectivity index (χ1n) is 7.03. The predicted octanol–water partition coefficient (Wildman–Crippen LogP) is -0.214. The number of amides is 3. The van der Waals surface area contributed by atoms with E-state index in [0.717, 1.165) is 0 Å². The summed E-state index contributed by atoms with van der Waals surface area (Å²) in [6.45, 7) is 4.77. The highest BCUT2D eigenvalue weighted by molar-refractivity contribution is 5.95. The zero-order valence-corrected chi connectivity index (χ0v) is 12.4. The van der Waals surface area contributed by atoms with Crippen LogP contribution in [0.5, 0.6) is 0 Å². The fourth-order valence-corrected chi connectivity index (χ4v) is 2.09. The average molecular weight is 301 g/mol. The van der Waals surface area contributed by atoms with E-state index in [2.05, 4.69) is 10.6 Å². The van der Waals surface area contributed by atoms with Gasteiger partial charge in [0, 0.05) is 19.1 Å². The Morgan fingerprint density at radius 1 is 1.29 bits per heavy atom. The third-order valence-corrected chi connectivity index (χ3v) is 3.02. The Morgan fingerprint density at radius 3 is 2.43 bits per heavy atom. The minimum Gasteiger partial charge on any atom is -0.480 e. The van der Waals surface area contributed by atoms with Crippen molar-refractivity contribution < 1.29 is 24.2 Å². The highest BCUT2D eigenvalue weighted by Gasteiger charge is 2.22. The number of aliphatic carboxylic acids is 1. The maximum absolute atomic E-state index is 11.7. The Morgan fingerprint density at radius 2 is 1.90 bits per heavy atom. The van der Waals surface area contributed by atoms with Crippen LogP contribution in [0.15, 0.2) is 0 Å². The van der Waals surface area contributed by atoms with Gasteiger partial charge >= 0.3 is 12.0 Å². The third kappa shape index (κ3) is 7.62. The molecule has 3 amide bonds. The van der Waals surface area contributed by atoms with E-state index in [1.54, 1.807) is 0 Å². The number of hydrogen-bond acceptors (Lipinski definition) is 5. The summed E-state index contributed by atoms with van der Waals surface area (Å²) in [4.78, 5) is 35.4. The van der Waals surface area contributed by atoms with Crippen LogP contribution < -0.4 is 10.6 Å². The highest BCUT2D eigenvalue weighted by Crippen LogP contribution is 2.13. The Labute approximate surface area is 123 Å². The van der Waals surface area contributed by atoms with Crippen molar-refractivity contribution in [2.75, 3.05) is 26.2 Å². The standard InChI is InChI=1S/C13H23N3O5/c1-9(2)14-13(20)15-11(17)7-16-5-3-10(4-6-16)21-8-12(18)19/h9-10H,3-8H2,1-2H3,(H,18,19)(H2,14,15,17,20). The van der Waals surface area contributed by atoms with Gasteiger partial charge in [-0.3, -0.25) is 15.0 Å². The number of ether oxygens (including phenoxy) is 1. The van der Waals surface area contributed by atoms with Crippen LogP contribution >= 0.6 is 0 Å². The molecule has 0 bridgehead atoms. The lowest BCUT2D eigenvalue weighted by atomic mass is 10.1. The van der Waals surface area contributed by atoms with E-state index in [1.807, 2.05) is 18.7 Å². The van der Waals surface area contributed by atoms with Gasteiger partial charge in [-0.25, -0.2) is 9.59 Å². The van der Waals surface area contributed by atoms with Gasteiger partial charge in [0.1, 0.15) is 6.61 Å². The van der Waals surface area contributed by atoms with Gasteiger partial charge in [0.25, 0.3) is 0 Å². The van der Waals surface area contributed by atoms with Crippen molar-refractivity contribution in [3.05, 3.63) is 0 Å². The molecular formula is C13H23N3O5. The summed E-state index contributed by atoms with van der Waals surface area (Å²) in [6, 6.07) is -0.519. The van der Waals surface area contributed by atoms with Crippen LogP contribution in [0.25, 0.3) is 0 Å². The number of likely N-dealkylation sites (tertiary alicyclic amines) is 1. The molecule has 0 aliphatic carbocycles. The number of nitrogens with one attached hydrogen (secondary N) is 2. The van der Waals surface area contributed by atoms with Crippen LogP contribution in [-0.2, 0) is 14.3 Å². The van der Waals surface area contributed by atoms with E-state index in [0.29, 0.717) is 25.9 Å². The van der Waals surface area contributed by atoms with Crippen molar-refractivity contribution in [1.29, 1.82) is 0 Å². The van der Waals surface area contributed by atoms with Gasteiger partial charge in [-0.15, -0.1) is 0 Å². The molecular weight excluding hydrogens is 278 g/mol. The number of imide groups is 1. The first-order valence-corrected chi connectivity index (χ1v) is 7.03. The first-order chi connectivity index (χ1) is 9.86. The first kappa shape index (κ1) is 17.4. The number of piperidine rings is 1. The number of urea groups is 1. The van der Waals surface area contributed by atoms with E-state index in [-0.39, 0.29) is 31.2 Å². The van der Waals surface area contributed by atoms with Crippen LogP contribution in [0, 0.1) is 0 Å². The Bertz CT molecular complexity index is 378. The summed E-state index contributed by atoms with van der Waals surface area (Å²) in [5.74, 6) is -1.33. The predicted molar refractivity (Wildman–Crippen MR) is 74.9 cm³/mol. The monoisotopic (exact) mass is 301 g/mol. The number of rotatable bonds is 6. The van der Waals surface area contributed by atoms with Gasteiger partial charge in [0.15, 0.2) is 0 Å². The van der Waals surface area contributed by atoms with E-state index < -0.39 is 12.0 Å². The number of carbonyl (C=O) groups is 3. The molecule has 0 aromatic rings. The maximum atomic E-state index is 11.7.